The highest BCUT2D eigenvalue weighted by atomic mass is 35.5. The van der Waals surface area contributed by atoms with Crippen molar-refractivity contribution in [2.75, 3.05) is 6.54 Å². The minimum absolute atomic E-state index is 0.153. The summed E-state index contributed by atoms with van der Waals surface area (Å²) in [6.07, 6.45) is 0. The molecule has 16 heavy (non-hydrogen) atoms. The Hall–Kier alpha value is -1.53. The minimum Gasteiger partial charge on any atom is -0.329 e. The lowest BCUT2D eigenvalue weighted by molar-refractivity contribution is 0.591. The van der Waals surface area contributed by atoms with Gasteiger partial charge in [0.2, 0.25) is 0 Å². The number of rotatable bonds is 3. The Bertz CT molecular complexity index is 453. The molecule has 1 aromatic heterocycles. The molecule has 0 bridgehead atoms. The molecular weight excluding hydrogens is 233 g/mol. The van der Waals surface area contributed by atoms with Gasteiger partial charge in [-0.2, -0.15) is 5.21 Å². The Morgan fingerprint density at radius 2 is 2.31 bits per heavy atom. The van der Waals surface area contributed by atoms with E-state index in [1.807, 2.05) is 0 Å². The fourth-order valence-corrected chi connectivity index (χ4v) is 1.81. The molecule has 2 rings (SSSR count). The van der Waals surface area contributed by atoms with Crippen LogP contribution in [0.1, 0.15) is 17.3 Å². The highest BCUT2D eigenvalue weighted by molar-refractivity contribution is 6.31. The number of hydrogen-bond donors (Lipinski definition) is 2. The average molecular weight is 242 g/mol. The topological polar surface area (TPSA) is 80.5 Å². The standard InChI is InChI=1S/C9H9ClFN5/c10-6-2-1-3-7(11)8(6)5(4-12)9-13-15-16-14-9/h1-3,5H,4,12H2,(H,13,14,15,16). The first kappa shape index (κ1) is 11.0. The van der Waals surface area contributed by atoms with Gasteiger partial charge in [0.1, 0.15) is 5.82 Å². The van der Waals surface area contributed by atoms with E-state index < -0.39 is 11.7 Å². The van der Waals surface area contributed by atoms with Gasteiger partial charge in [-0.1, -0.05) is 22.9 Å². The third kappa shape index (κ3) is 1.89. The molecule has 1 atom stereocenters. The van der Waals surface area contributed by atoms with Crippen LogP contribution in [0.25, 0.3) is 0 Å². The Balaban J connectivity index is 2.49. The van der Waals surface area contributed by atoms with E-state index in [1.165, 1.54) is 12.1 Å². The Morgan fingerprint density at radius 3 is 2.88 bits per heavy atom. The second-order valence-electron chi connectivity index (χ2n) is 3.19. The average Bonchev–Trinajstić information content (AvgIpc) is 2.77. The van der Waals surface area contributed by atoms with Crippen LogP contribution in [0.15, 0.2) is 18.2 Å². The first-order chi connectivity index (χ1) is 7.74. The number of nitrogens with one attached hydrogen (secondary N) is 1. The summed E-state index contributed by atoms with van der Waals surface area (Å²) in [5.74, 6) is -0.588. The van der Waals surface area contributed by atoms with Crippen molar-refractivity contribution >= 4 is 11.6 Å². The smallest absolute Gasteiger partial charge is 0.183 e. The normalized spacial score (nSPS) is 12.7. The van der Waals surface area contributed by atoms with Gasteiger partial charge in [-0.3, -0.25) is 0 Å². The molecule has 0 aliphatic carbocycles. The van der Waals surface area contributed by atoms with E-state index in [2.05, 4.69) is 20.6 Å². The number of nitrogens with two attached hydrogens (primary N) is 1. The van der Waals surface area contributed by atoms with Gasteiger partial charge in [0.05, 0.1) is 5.92 Å². The monoisotopic (exact) mass is 241 g/mol. The van der Waals surface area contributed by atoms with E-state index in [9.17, 15) is 4.39 Å². The SMILES string of the molecule is NCC(c1nn[nH]n1)c1c(F)cccc1Cl. The molecule has 0 fully saturated rings. The van der Waals surface area contributed by atoms with Crippen LogP contribution >= 0.6 is 11.6 Å². The van der Waals surface area contributed by atoms with E-state index in [1.54, 1.807) is 6.07 Å². The molecule has 84 valence electrons. The van der Waals surface area contributed by atoms with E-state index in [0.717, 1.165) is 0 Å². The second kappa shape index (κ2) is 4.54. The molecule has 0 spiro atoms. The number of H-pyrrole nitrogens is 1. The van der Waals surface area contributed by atoms with Crippen LogP contribution < -0.4 is 5.73 Å². The van der Waals surface area contributed by atoms with Crippen molar-refractivity contribution < 1.29 is 4.39 Å². The van der Waals surface area contributed by atoms with Crippen molar-refractivity contribution in [1.29, 1.82) is 0 Å². The van der Waals surface area contributed by atoms with Crippen molar-refractivity contribution in [3.8, 4) is 0 Å². The third-order valence-corrected chi connectivity index (χ3v) is 2.59. The zero-order chi connectivity index (χ0) is 11.5. The lowest BCUT2D eigenvalue weighted by atomic mass is 9.98. The van der Waals surface area contributed by atoms with E-state index >= 15 is 0 Å². The quantitative estimate of drug-likeness (QED) is 0.843. The van der Waals surface area contributed by atoms with Gasteiger partial charge >= 0.3 is 0 Å². The summed E-state index contributed by atoms with van der Waals surface area (Å²) in [4.78, 5) is 0. The summed E-state index contributed by atoms with van der Waals surface area (Å²) in [6.45, 7) is 0.153. The zero-order valence-electron chi connectivity index (χ0n) is 8.19. The number of tetrazole rings is 1. The summed E-state index contributed by atoms with van der Waals surface area (Å²) in [7, 11) is 0. The fourth-order valence-electron chi connectivity index (χ4n) is 1.51. The summed E-state index contributed by atoms with van der Waals surface area (Å²) in [5.41, 5.74) is 5.89. The van der Waals surface area contributed by atoms with E-state index in [-0.39, 0.29) is 6.54 Å². The fraction of sp³-hybridized carbons (Fsp3) is 0.222. The highest BCUT2D eigenvalue weighted by Crippen LogP contribution is 2.29. The van der Waals surface area contributed by atoms with Crippen LogP contribution in [0.4, 0.5) is 4.39 Å². The van der Waals surface area contributed by atoms with Crippen LogP contribution in [0.3, 0.4) is 0 Å². The van der Waals surface area contributed by atoms with E-state index in [4.69, 9.17) is 17.3 Å². The predicted molar refractivity (Wildman–Crippen MR) is 56.5 cm³/mol. The number of halogens is 2. The lowest BCUT2D eigenvalue weighted by Crippen LogP contribution is -2.17. The molecular formula is C9H9ClFN5. The molecule has 5 nitrogen and oxygen atoms in total. The van der Waals surface area contributed by atoms with Crippen molar-refractivity contribution in [3.05, 3.63) is 40.4 Å². The maximum absolute atomic E-state index is 13.7. The maximum Gasteiger partial charge on any atom is 0.183 e. The molecule has 0 saturated carbocycles. The number of hydrogen-bond acceptors (Lipinski definition) is 4. The van der Waals surface area contributed by atoms with Crippen LogP contribution in [0.2, 0.25) is 5.02 Å². The zero-order valence-corrected chi connectivity index (χ0v) is 8.95. The molecule has 0 amide bonds. The van der Waals surface area contributed by atoms with Crippen molar-refractivity contribution in [2.45, 2.75) is 5.92 Å². The molecule has 1 aromatic carbocycles. The first-order valence-corrected chi connectivity index (χ1v) is 4.99. The van der Waals surface area contributed by atoms with Gasteiger partial charge in [-0.25, -0.2) is 4.39 Å². The Kier molecular flexibility index (Phi) is 3.12. The number of aromatic nitrogens is 4. The van der Waals surface area contributed by atoms with Gasteiger partial charge in [0.25, 0.3) is 0 Å². The first-order valence-electron chi connectivity index (χ1n) is 4.61. The van der Waals surface area contributed by atoms with Crippen molar-refractivity contribution in [3.63, 3.8) is 0 Å². The molecule has 0 radical (unpaired) electrons. The number of benzene rings is 1. The van der Waals surface area contributed by atoms with Crippen LogP contribution in [-0.2, 0) is 0 Å². The number of aromatic amines is 1. The van der Waals surface area contributed by atoms with Gasteiger partial charge in [0.15, 0.2) is 5.82 Å². The second-order valence-corrected chi connectivity index (χ2v) is 3.60. The van der Waals surface area contributed by atoms with Crippen molar-refractivity contribution in [1.82, 2.24) is 20.6 Å². The van der Waals surface area contributed by atoms with Gasteiger partial charge in [-0.05, 0) is 12.1 Å². The summed E-state index contributed by atoms with van der Waals surface area (Å²) >= 11 is 5.94. The minimum atomic E-state index is -0.493. The van der Waals surface area contributed by atoms with Crippen molar-refractivity contribution in [2.24, 2.45) is 5.73 Å². The molecule has 1 heterocycles. The molecule has 7 heteroatoms. The third-order valence-electron chi connectivity index (χ3n) is 2.26. The molecule has 2 aromatic rings. The summed E-state index contributed by atoms with van der Waals surface area (Å²) in [5, 5.41) is 13.6. The Morgan fingerprint density at radius 1 is 1.50 bits per heavy atom. The highest BCUT2D eigenvalue weighted by Gasteiger charge is 2.22. The summed E-state index contributed by atoms with van der Waals surface area (Å²) < 4.78 is 13.7. The van der Waals surface area contributed by atoms with E-state index in [0.29, 0.717) is 16.4 Å². The largest absolute Gasteiger partial charge is 0.329 e. The maximum atomic E-state index is 13.7. The lowest BCUT2D eigenvalue weighted by Gasteiger charge is -2.13. The van der Waals surface area contributed by atoms with Gasteiger partial charge in [0, 0.05) is 17.1 Å². The molecule has 0 saturated heterocycles. The molecule has 1 unspecified atom stereocenters. The van der Waals surface area contributed by atoms with Gasteiger partial charge < -0.3 is 5.73 Å². The number of nitrogens with zero attached hydrogens (tertiary/aromatic N) is 3. The predicted octanol–water partition coefficient (Wildman–Crippen LogP) is 1.08. The van der Waals surface area contributed by atoms with Crippen LogP contribution in [0.5, 0.6) is 0 Å². The molecule has 3 N–H and O–H groups in total. The van der Waals surface area contributed by atoms with Crippen LogP contribution in [-0.4, -0.2) is 27.2 Å². The summed E-state index contributed by atoms with van der Waals surface area (Å²) in [6, 6.07) is 4.46. The van der Waals surface area contributed by atoms with Gasteiger partial charge in [-0.15, -0.1) is 10.2 Å². The Labute approximate surface area is 95.8 Å². The van der Waals surface area contributed by atoms with Crippen LogP contribution in [0, 0.1) is 5.82 Å². The molecule has 0 aliphatic rings. The molecule has 0 aliphatic heterocycles.